The molecule has 0 aliphatic carbocycles. The number of hydrogen-bond acceptors (Lipinski definition) is 7. The Morgan fingerprint density at radius 1 is 1.12 bits per heavy atom. The fraction of sp³-hybridized carbons (Fsp3) is 0.133. The fourth-order valence-corrected chi connectivity index (χ4v) is 3.70. The van der Waals surface area contributed by atoms with Gasteiger partial charge in [-0.2, -0.15) is 9.78 Å². The highest BCUT2D eigenvalue weighted by atomic mass is 35.5. The van der Waals surface area contributed by atoms with Crippen LogP contribution < -0.4 is 5.32 Å². The molecule has 0 fully saturated rings. The molecule has 1 atom stereocenters. The lowest BCUT2D eigenvalue weighted by molar-refractivity contribution is 0.695. The van der Waals surface area contributed by atoms with Crippen LogP contribution in [0.4, 0.5) is 5.13 Å². The van der Waals surface area contributed by atoms with Crippen LogP contribution in [-0.4, -0.2) is 29.7 Å². The van der Waals surface area contributed by atoms with Crippen molar-refractivity contribution in [3.8, 4) is 5.95 Å². The van der Waals surface area contributed by atoms with Crippen molar-refractivity contribution in [3.05, 3.63) is 52.8 Å². The van der Waals surface area contributed by atoms with E-state index in [-0.39, 0.29) is 6.04 Å². The Balaban J connectivity index is 1.63. The Morgan fingerprint density at radius 2 is 1.88 bits per heavy atom. The third-order valence-corrected chi connectivity index (χ3v) is 5.15. The summed E-state index contributed by atoms with van der Waals surface area (Å²) >= 11 is 13.6. The van der Waals surface area contributed by atoms with Crippen molar-refractivity contribution in [2.45, 2.75) is 13.0 Å². The van der Waals surface area contributed by atoms with Crippen LogP contribution >= 0.6 is 34.5 Å². The van der Waals surface area contributed by atoms with Crippen molar-refractivity contribution >= 4 is 49.9 Å². The first-order valence-corrected chi connectivity index (χ1v) is 8.88. The maximum absolute atomic E-state index is 6.06. The number of fused-ring (bicyclic) bond motifs is 1. The first-order chi connectivity index (χ1) is 12.1. The summed E-state index contributed by atoms with van der Waals surface area (Å²) in [4.78, 5) is 17.3. The van der Waals surface area contributed by atoms with Gasteiger partial charge in [0.15, 0.2) is 11.0 Å². The van der Waals surface area contributed by atoms with Gasteiger partial charge in [-0.05, 0) is 25.1 Å². The van der Waals surface area contributed by atoms with E-state index in [1.165, 1.54) is 17.7 Å². The maximum atomic E-state index is 6.06. The lowest BCUT2D eigenvalue weighted by Crippen LogP contribution is -2.15. The predicted octanol–water partition coefficient (Wildman–Crippen LogP) is 4.15. The largest absolute Gasteiger partial charge is 0.352 e. The zero-order chi connectivity index (χ0) is 17.4. The van der Waals surface area contributed by atoms with Crippen molar-refractivity contribution < 1.29 is 0 Å². The van der Waals surface area contributed by atoms with E-state index in [0.29, 0.717) is 21.8 Å². The first-order valence-electron chi connectivity index (χ1n) is 7.31. The van der Waals surface area contributed by atoms with Gasteiger partial charge in [-0.25, -0.2) is 19.9 Å². The van der Waals surface area contributed by atoms with Gasteiger partial charge in [0.25, 0.3) is 5.95 Å². The van der Waals surface area contributed by atoms with Gasteiger partial charge < -0.3 is 5.32 Å². The van der Waals surface area contributed by atoms with Gasteiger partial charge in [0, 0.05) is 12.4 Å². The van der Waals surface area contributed by atoms with E-state index < -0.39 is 0 Å². The highest BCUT2D eigenvalue weighted by molar-refractivity contribution is 7.22. The summed E-state index contributed by atoms with van der Waals surface area (Å²) in [5, 5.41) is 9.27. The molecule has 0 unspecified atom stereocenters. The van der Waals surface area contributed by atoms with Gasteiger partial charge in [0.1, 0.15) is 6.33 Å². The second kappa shape index (κ2) is 6.55. The minimum Gasteiger partial charge on any atom is -0.352 e. The third kappa shape index (κ3) is 3.15. The quantitative estimate of drug-likeness (QED) is 0.562. The Morgan fingerprint density at radius 3 is 2.68 bits per heavy atom. The zero-order valence-corrected chi connectivity index (χ0v) is 15.2. The van der Waals surface area contributed by atoms with E-state index in [2.05, 4.69) is 30.4 Å². The number of nitrogens with zero attached hydrogens (tertiary/aromatic N) is 6. The molecule has 10 heteroatoms. The monoisotopic (exact) mass is 391 g/mol. The highest BCUT2D eigenvalue weighted by Gasteiger charge is 2.17. The summed E-state index contributed by atoms with van der Waals surface area (Å²) in [6, 6.07) is 5.16. The molecule has 0 aliphatic heterocycles. The number of rotatable bonds is 4. The molecule has 0 amide bonds. The van der Waals surface area contributed by atoms with Crippen molar-refractivity contribution in [1.82, 2.24) is 29.7 Å². The summed E-state index contributed by atoms with van der Waals surface area (Å²) in [6.45, 7) is 1.97. The second-order valence-electron chi connectivity index (χ2n) is 5.20. The van der Waals surface area contributed by atoms with Crippen LogP contribution in [0.5, 0.6) is 0 Å². The Labute approximate surface area is 156 Å². The molecule has 3 heterocycles. The molecule has 0 saturated heterocycles. The molecule has 1 N–H and O–H groups in total. The van der Waals surface area contributed by atoms with E-state index in [1.54, 1.807) is 29.2 Å². The average molecular weight is 392 g/mol. The van der Waals surface area contributed by atoms with Crippen LogP contribution in [0.25, 0.3) is 16.2 Å². The molecule has 7 nitrogen and oxygen atoms in total. The lowest BCUT2D eigenvalue weighted by Gasteiger charge is -2.12. The standard InChI is InChI=1S/C15H11Cl2N7S/c1-8(13-20-7-21-24(13)14-18-3-2-4-19-14)22-15-23-11-5-9(16)10(17)6-12(11)25-15/h2-8H,1H3,(H,22,23)/t8-/m0/s1. The first kappa shape index (κ1) is 16.2. The number of aromatic nitrogens is 6. The number of hydrogen-bond donors (Lipinski definition) is 1. The van der Waals surface area contributed by atoms with Crippen LogP contribution in [0.3, 0.4) is 0 Å². The summed E-state index contributed by atoms with van der Waals surface area (Å²) in [7, 11) is 0. The summed E-state index contributed by atoms with van der Waals surface area (Å²) < 4.78 is 2.55. The molecular formula is C15H11Cl2N7S. The van der Waals surface area contributed by atoms with Crippen molar-refractivity contribution in [1.29, 1.82) is 0 Å². The third-order valence-electron chi connectivity index (χ3n) is 3.47. The summed E-state index contributed by atoms with van der Waals surface area (Å²) in [6.07, 6.45) is 4.79. The molecule has 0 saturated carbocycles. The molecule has 4 rings (SSSR count). The number of nitrogens with one attached hydrogen (secondary N) is 1. The molecule has 126 valence electrons. The molecule has 0 spiro atoms. The van der Waals surface area contributed by atoms with E-state index >= 15 is 0 Å². The number of anilines is 1. The van der Waals surface area contributed by atoms with Gasteiger partial charge in [0.2, 0.25) is 0 Å². The number of benzene rings is 1. The fourth-order valence-electron chi connectivity index (χ4n) is 2.34. The highest BCUT2D eigenvalue weighted by Crippen LogP contribution is 2.34. The summed E-state index contributed by atoms with van der Waals surface area (Å²) in [5.74, 6) is 1.15. The van der Waals surface area contributed by atoms with Gasteiger partial charge >= 0.3 is 0 Å². The molecule has 4 aromatic rings. The Hall–Kier alpha value is -2.29. The van der Waals surface area contributed by atoms with E-state index in [9.17, 15) is 0 Å². The molecule has 0 radical (unpaired) electrons. The normalized spacial score (nSPS) is 12.4. The van der Waals surface area contributed by atoms with Crippen LogP contribution in [-0.2, 0) is 0 Å². The van der Waals surface area contributed by atoms with Crippen molar-refractivity contribution in [2.24, 2.45) is 0 Å². The minimum absolute atomic E-state index is 0.155. The molecule has 1 aromatic carbocycles. The van der Waals surface area contributed by atoms with E-state index in [1.807, 2.05) is 13.0 Å². The van der Waals surface area contributed by atoms with Gasteiger partial charge in [-0.15, -0.1) is 0 Å². The van der Waals surface area contributed by atoms with Gasteiger partial charge in [-0.3, -0.25) is 0 Å². The number of thiazole rings is 1. The smallest absolute Gasteiger partial charge is 0.252 e. The molecule has 0 aliphatic rings. The van der Waals surface area contributed by atoms with Crippen LogP contribution in [0.2, 0.25) is 10.0 Å². The Bertz CT molecular complexity index is 992. The van der Waals surface area contributed by atoms with Gasteiger partial charge in [0.05, 0.1) is 26.3 Å². The predicted molar refractivity (Wildman–Crippen MR) is 98.6 cm³/mol. The van der Waals surface area contributed by atoms with Crippen LogP contribution in [0.1, 0.15) is 18.8 Å². The maximum Gasteiger partial charge on any atom is 0.252 e. The Kier molecular flexibility index (Phi) is 4.24. The lowest BCUT2D eigenvalue weighted by atomic mass is 10.3. The zero-order valence-electron chi connectivity index (χ0n) is 12.9. The van der Waals surface area contributed by atoms with E-state index in [0.717, 1.165) is 15.3 Å². The topological polar surface area (TPSA) is 81.4 Å². The second-order valence-corrected chi connectivity index (χ2v) is 7.04. The molecule has 3 aromatic heterocycles. The molecule has 25 heavy (non-hydrogen) atoms. The van der Waals surface area contributed by atoms with Crippen molar-refractivity contribution in [2.75, 3.05) is 5.32 Å². The van der Waals surface area contributed by atoms with Crippen molar-refractivity contribution in [3.63, 3.8) is 0 Å². The SMILES string of the molecule is C[C@H](Nc1nc2cc(Cl)c(Cl)cc2s1)c1ncnn1-c1ncccn1. The van der Waals surface area contributed by atoms with Crippen LogP contribution in [0, 0.1) is 0 Å². The average Bonchev–Trinajstić information content (AvgIpc) is 3.23. The summed E-state index contributed by atoms with van der Waals surface area (Å²) in [5.41, 5.74) is 0.793. The van der Waals surface area contributed by atoms with E-state index in [4.69, 9.17) is 23.2 Å². The van der Waals surface area contributed by atoms with Crippen LogP contribution in [0.15, 0.2) is 36.9 Å². The molecule has 0 bridgehead atoms. The van der Waals surface area contributed by atoms with Gasteiger partial charge in [-0.1, -0.05) is 34.5 Å². The minimum atomic E-state index is -0.155. The molecular weight excluding hydrogens is 381 g/mol. The number of halogens is 2.